The number of carbonyl (C=O) groups is 2. The lowest BCUT2D eigenvalue weighted by atomic mass is 9.90. The molecular weight excluding hydrogens is 472 g/mol. The minimum atomic E-state index is -0.928. The molecule has 2 amide bonds. The highest BCUT2D eigenvalue weighted by molar-refractivity contribution is 6.31. The van der Waals surface area contributed by atoms with Gasteiger partial charge in [0.1, 0.15) is 11.6 Å². The van der Waals surface area contributed by atoms with Crippen LogP contribution in [0.3, 0.4) is 0 Å². The minimum Gasteiger partial charge on any atom is -0.361 e. The number of para-hydroxylation sites is 1. The van der Waals surface area contributed by atoms with Crippen LogP contribution in [0.15, 0.2) is 72.9 Å². The zero-order valence-corrected chi connectivity index (χ0v) is 19.5. The molecule has 0 aliphatic heterocycles. The van der Waals surface area contributed by atoms with Gasteiger partial charge in [-0.1, -0.05) is 48.0 Å². The van der Waals surface area contributed by atoms with Gasteiger partial charge >= 0.3 is 0 Å². The highest BCUT2D eigenvalue weighted by Crippen LogP contribution is 2.34. The summed E-state index contributed by atoms with van der Waals surface area (Å²) in [4.78, 5) is 27.9. The van der Waals surface area contributed by atoms with Crippen LogP contribution in [0.5, 0.6) is 0 Å². The van der Waals surface area contributed by atoms with Gasteiger partial charge in [0, 0.05) is 53.6 Å². The Hall–Kier alpha value is -3.71. The Labute approximate surface area is 206 Å². The predicted octanol–water partition coefficient (Wildman–Crippen LogP) is 5.56. The molecule has 4 rings (SSSR count). The van der Waals surface area contributed by atoms with Gasteiger partial charge in [0.2, 0.25) is 5.91 Å². The van der Waals surface area contributed by atoms with Gasteiger partial charge in [-0.05, 0) is 41.8 Å². The first-order chi connectivity index (χ1) is 16.9. The van der Waals surface area contributed by atoms with E-state index in [1.165, 1.54) is 0 Å². The quantitative estimate of drug-likeness (QED) is 0.266. The van der Waals surface area contributed by atoms with Crippen LogP contribution in [0.4, 0.5) is 8.78 Å². The molecule has 180 valence electrons. The standard InChI is InChI=1S/C27H24ClF2N3O2/c28-23-8-3-1-6-18(23)21(22-15-32-25-9-4-2-7-19(22)25)16-33-26(34)10-5-13-31-27(35)20-12-11-17(29)14-24(20)30/h1-4,6-9,11-12,14-15,21,32H,5,10,13,16H2,(H,31,35)(H,33,34). The van der Waals surface area contributed by atoms with Gasteiger partial charge in [0.25, 0.3) is 5.91 Å². The van der Waals surface area contributed by atoms with Crippen LogP contribution < -0.4 is 10.6 Å². The van der Waals surface area contributed by atoms with Crippen LogP contribution >= 0.6 is 11.6 Å². The number of hydrogen-bond donors (Lipinski definition) is 3. The largest absolute Gasteiger partial charge is 0.361 e. The number of nitrogens with one attached hydrogen (secondary N) is 3. The monoisotopic (exact) mass is 495 g/mol. The number of aromatic amines is 1. The molecule has 1 aromatic heterocycles. The van der Waals surface area contributed by atoms with Gasteiger partial charge in [0.15, 0.2) is 0 Å². The molecule has 0 aliphatic rings. The van der Waals surface area contributed by atoms with Gasteiger partial charge < -0.3 is 15.6 Å². The summed E-state index contributed by atoms with van der Waals surface area (Å²) in [6, 6.07) is 18.3. The van der Waals surface area contributed by atoms with Crippen molar-refractivity contribution in [3.63, 3.8) is 0 Å². The van der Waals surface area contributed by atoms with Crippen molar-refractivity contribution >= 4 is 34.3 Å². The number of H-pyrrole nitrogens is 1. The van der Waals surface area contributed by atoms with Crippen LogP contribution in [-0.4, -0.2) is 29.9 Å². The summed E-state index contributed by atoms with van der Waals surface area (Å²) < 4.78 is 26.7. The summed E-state index contributed by atoms with van der Waals surface area (Å²) in [5.74, 6) is -2.67. The number of benzene rings is 3. The van der Waals surface area contributed by atoms with Crippen molar-refractivity contribution in [3.05, 3.63) is 106 Å². The van der Waals surface area contributed by atoms with E-state index in [1.54, 1.807) is 0 Å². The lowest BCUT2D eigenvalue weighted by Crippen LogP contribution is -2.30. The number of fused-ring (bicyclic) bond motifs is 1. The zero-order chi connectivity index (χ0) is 24.8. The number of rotatable bonds is 9. The zero-order valence-electron chi connectivity index (χ0n) is 18.8. The van der Waals surface area contributed by atoms with Crippen molar-refractivity contribution in [1.82, 2.24) is 15.6 Å². The molecule has 0 saturated carbocycles. The number of halogens is 3. The Morgan fingerprint density at radius 2 is 1.71 bits per heavy atom. The van der Waals surface area contributed by atoms with Crippen LogP contribution in [-0.2, 0) is 4.79 Å². The third kappa shape index (κ3) is 5.87. The topological polar surface area (TPSA) is 74.0 Å². The maximum Gasteiger partial charge on any atom is 0.254 e. The molecule has 0 radical (unpaired) electrons. The van der Waals surface area contributed by atoms with E-state index in [9.17, 15) is 18.4 Å². The molecule has 4 aromatic rings. The fourth-order valence-corrected chi connectivity index (χ4v) is 4.32. The Bertz CT molecular complexity index is 1360. The number of hydrogen-bond acceptors (Lipinski definition) is 2. The average Bonchev–Trinajstić information content (AvgIpc) is 3.27. The van der Waals surface area contributed by atoms with Gasteiger partial charge in [-0.2, -0.15) is 0 Å². The van der Waals surface area contributed by atoms with Crippen LogP contribution in [0.25, 0.3) is 10.9 Å². The molecule has 0 aliphatic carbocycles. The highest BCUT2D eigenvalue weighted by atomic mass is 35.5. The Kier molecular flexibility index (Phi) is 7.77. The molecule has 0 spiro atoms. The molecular formula is C27H24ClF2N3O2. The minimum absolute atomic E-state index is 0.162. The molecule has 0 saturated heterocycles. The number of carbonyl (C=O) groups excluding carboxylic acids is 2. The molecule has 35 heavy (non-hydrogen) atoms. The van der Waals surface area contributed by atoms with Crippen molar-refractivity contribution in [2.45, 2.75) is 18.8 Å². The molecule has 3 aromatic carbocycles. The molecule has 8 heteroatoms. The summed E-state index contributed by atoms with van der Waals surface area (Å²) in [5.41, 5.74) is 2.70. The van der Waals surface area contributed by atoms with Gasteiger partial charge in [0.05, 0.1) is 5.56 Å². The van der Waals surface area contributed by atoms with E-state index < -0.39 is 17.5 Å². The Balaban J connectivity index is 1.35. The third-order valence-electron chi connectivity index (χ3n) is 5.82. The van der Waals surface area contributed by atoms with E-state index in [4.69, 9.17) is 11.6 Å². The average molecular weight is 496 g/mol. The van der Waals surface area contributed by atoms with E-state index in [-0.39, 0.29) is 30.4 Å². The maximum atomic E-state index is 13.7. The van der Waals surface area contributed by atoms with Crippen molar-refractivity contribution in [1.29, 1.82) is 0 Å². The van der Waals surface area contributed by atoms with Crippen molar-refractivity contribution < 1.29 is 18.4 Å². The van der Waals surface area contributed by atoms with Crippen LogP contribution in [0.1, 0.15) is 40.2 Å². The first-order valence-electron chi connectivity index (χ1n) is 11.2. The lowest BCUT2D eigenvalue weighted by molar-refractivity contribution is -0.121. The normalized spacial score (nSPS) is 11.9. The second-order valence-electron chi connectivity index (χ2n) is 8.15. The van der Waals surface area contributed by atoms with Gasteiger partial charge in [-0.25, -0.2) is 8.78 Å². The maximum absolute atomic E-state index is 13.7. The summed E-state index contributed by atoms with van der Waals surface area (Å²) in [6.45, 7) is 0.525. The lowest BCUT2D eigenvalue weighted by Gasteiger charge is -2.19. The van der Waals surface area contributed by atoms with Gasteiger partial charge in [-0.15, -0.1) is 0 Å². The second kappa shape index (κ2) is 11.1. The van der Waals surface area contributed by atoms with Gasteiger partial charge in [-0.3, -0.25) is 9.59 Å². The predicted molar refractivity (Wildman–Crippen MR) is 133 cm³/mol. The SMILES string of the molecule is O=C(CCCNC(=O)c1ccc(F)cc1F)NCC(c1ccccc1Cl)c1c[nH]c2ccccc12. The fraction of sp³-hybridized carbons (Fsp3) is 0.185. The van der Waals surface area contributed by atoms with E-state index in [0.29, 0.717) is 24.1 Å². The molecule has 5 nitrogen and oxygen atoms in total. The highest BCUT2D eigenvalue weighted by Gasteiger charge is 2.21. The van der Waals surface area contributed by atoms with Crippen LogP contribution in [0, 0.1) is 11.6 Å². The summed E-state index contributed by atoms with van der Waals surface area (Å²) in [7, 11) is 0. The van der Waals surface area contributed by atoms with E-state index in [0.717, 1.165) is 34.2 Å². The molecule has 1 unspecified atom stereocenters. The summed E-state index contributed by atoms with van der Waals surface area (Å²) in [5, 5.41) is 7.20. The Morgan fingerprint density at radius 1 is 0.943 bits per heavy atom. The molecule has 3 N–H and O–H groups in total. The third-order valence-corrected chi connectivity index (χ3v) is 6.17. The van der Waals surface area contributed by atoms with E-state index in [2.05, 4.69) is 15.6 Å². The first kappa shape index (κ1) is 24.4. The van der Waals surface area contributed by atoms with E-state index >= 15 is 0 Å². The molecule has 0 fully saturated rings. The van der Waals surface area contributed by atoms with Crippen molar-refractivity contribution in [2.24, 2.45) is 0 Å². The first-order valence-corrected chi connectivity index (χ1v) is 11.6. The molecule has 1 heterocycles. The summed E-state index contributed by atoms with van der Waals surface area (Å²) >= 11 is 6.49. The van der Waals surface area contributed by atoms with Crippen molar-refractivity contribution in [3.8, 4) is 0 Å². The fourth-order valence-electron chi connectivity index (χ4n) is 4.05. The smallest absolute Gasteiger partial charge is 0.254 e. The second-order valence-corrected chi connectivity index (χ2v) is 8.56. The summed E-state index contributed by atoms with van der Waals surface area (Å²) in [6.07, 6.45) is 2.48. The molecule has 0 bridgehead atoms. The number of amides is 2. The van der Waals surface area contributed by atoms with Crippen LogP contribution in [0.2, 0.25) is 5.02 Å². The Morgan fingerprint density at radius 3 is 2.51 bits per heavy atom. The number of aromatic nitrogens is 1. The van der Waals surface area contributed by atoms with Crippen molar-refractivity contribution in [2.75, 3.05) is 13.1 Å². The van der Waals surface area contributed by atoms with E-state index in [1.807, 2.05) is 54.7 Å². The molecule has 1 atom stereocenters.